The summed E-state index contributed by atoms with van der Waals surface area (Å²) in [5.74, 6) is -0.927. The van der Waals surface area contributed by atoms with Crippen LogP contribution < -0.4 is 5.32 Å². The summed E-state index contributed by atoms with van der Waals surface area (Å²) in [6, 6.07) is 17.7. The molecule has 17 heteroatoms. The Morgan fingerprint density at radius 1 is 0.817 bits per heavy atom. The molecule has 2 saturated heterocycles. The van der Waals surface area contributed by atoms with Crippen molar-refractivity contribution in [2.24, 2.45) is 4.99 Å². The van der Waals surface area contributed by atoms with E-state index in [1.807, 2.05) is 13.0 Å². The van der Waals surface area contributed by atoms with Gasteiger partial charge < -0.3 is 20.0 Å². The molecule has 0 radical (unpaired) electrons. The molecule has 4 aromatic carbocycles. The normalized spacial score (nSPS) is 14.1. The van der Waals surface area contributed by atoms with E-state index >= 15 is 8.78 Å². The average Bonchev–Trinajstić information content (AvgIpc) is 3.90. The molecule has 2 fully saturated rings. The van der Waals surface area contributed by atoms with Gasteiger partial charge in [-0.05, 0) is 60.9 Å². The minimum absolute atomic E-state index is 0.00833. The number of benzene rings is 4. The zero-order valence-corrected chi connectivity index (χ0v) is 36.0. The maximum absolute atomic E-state index is 15.6. The van der Waals surface area contributed by atoms with Crippen LogP contribution in [0.15, 0.2) is 76.7 Å². The molecule has 11 nitrogen and oxygen atoms in total. The first-order chi connectivity index (χ1) is 29.0. The van der Waals surface area contributed by atoms with Gasteiger partial charge in [-0.25, -0.2) is 28.5 Å². The fourth-order valence-electron chi connectivity index (χ4n) is 6.86. The molecule has 0 spiro atoms. The van der Waals surface area contributed by atoms with Crippen LogP contribution in [0, 0.1) is 11.6 Å². The second-order valence-corrected chi connectivity index (χ2v) is 16.5. The number of hydrogen-bond acceptors (Lipinski definition) is 10. The number of nitrogens with zero attached hydrogens (tertiary/aromatic N) is 6. The smallest absolute Gasteiger partial charge is 0.242 e. The number of carbonyl (C=O) groups excluding carboxylic acids is 4. The Balaban J connectivity index is 0.000000183. The number of piperazine rings is 2. The van der Waals surface area contributed by atoms with Gasteiger partial charge in [0.05, 0.1) is 44.5 Å². The highest BCUT2D eigenvalue weighted by molar-refractivity contribution is 7.17. The molecule has 4 heterocycles. The van der Waals surface area contributed by atoms with Gasteiger partial charge in [0.2, 0.25) is 23.8 Å². The highest BCUT2D eigenvalue weighted by atomic mass is 35.5. The van der Waals surface area contributed by atoms with Crippen LogP contribution in [0.4, 0.5) is 8.78 Å². The first kappa shape index (κ1) is 44.4. The number of rotatable bonds is 9. The third-order valence-electron chi connectivity index (χ3n) is 9.77. The Bertz CT molecular complexity index is 2560. The van der Waals surface area contributed by atoms with Crippen LogP contribution >= 0.6 is 45.9 Å². The van der Waals surface area contributed by atoms with Crippen LogP contribution in [0.25, 0.3) is 42.7 Å². The lowest BCUT2D eigenvalue weighted by molar-refractivity contribution is -0.145. The largest absolute Gasteiger partial charge is 0.336 e. The Labute approximate surface area is 363 Å². The minimum atomic E-state index is -0.395. The van der Waals surface area contributed by atoms with Gasteiger partial charge in [-0.15, -0.1) is 22.7 Å². The summed E-state index contributed by atoms with van der Waals surface area (Å²) in [6.45, 7) is 7.17. The first-order valence-electron chi connectivity index (χ1n) is 19.2. The molecule has 6 aromatic rings. The number of halogens is 4. The van der Waals surface area contributed by atoms with E-state index in [0.717, 1.165) is 22.4 Å². The monoisotopic (exact) mass is 891 g/mol. The van der Waals surface area contributed by atoms with E-state index in [0.29, 0.717) is 93.6 Å². The number of carbonyl (C=O) groups is 3. The van der Waals surface area contributed by atoms with Gasteiger partial charge in [0, 0.05) is 84.5 Å². The quantitative estimate of drug-likeness (QED) is 0.114. The summed E-state index contributed by atoms with van der Waals surface area (Å²) in [7, 11) is 0. The third-order valence-corrected chi connectivity index (χ3v) is 11.8. The number of isocyanates is 1. The molecule has 1 N–H and O–H groups in total. The van der Waals surface area contributed by atoms with E-state index in [4.69, 9.17) is 28.0 Å². The Morgan fingerprint density at radius 2 is 1.37 bits per heavy atom. The van der Waals surface area contributed by atoms with Gasteiger partial charge in [0.1, 0.15) is 11.6 Å². The first-order valence-corrected chi connectivity index (χ1v) is 21.7. The van der Waals surface area contributed by atoms with Crippen molar-refractivity contribution in [1.29, 1.82) is 0 Å². The van der Waals surface area contributed by atoms with E-state index in [1.165, 1.54) is 28.8 Å². The van der Waals surface area contributed by atoms with Gasteiger partial charge >= 0.3 is 0 Å². The number of amides is 3. The highest BCUT2D eigenvalue weighted by Gasteiger charge is 2.29. The summed E-state index contributed by atoms with van der Waals surface area (Å²) in [5.41, 5.74) is 7.72. The zero-order chi connectivity index (χ0) is 42.8. The third kappa shape index (κ3) is 10.6. The SMILES string of the molecule is CCCC(=O)N1CCN(Cc2cc3scnc3c(-c3cccc(Cl)c3)c2F)C(=O)C1.CCN=C=O.O=C1CNCCN1Cc1cc2scnc2c(-c2cccc(Cl)c2)c1F. The lowest BCUT2D eigenvalue weighted by Gasteiger charge is -2.34. The Morgan fingerprint density at radius 3 is 1.82 bits per heavy atom. The number of hydrogen-bond donors (Lipinski definition) is 1. The van der Waals surface area contributed by atoms with Crippen molar-refractivity contribution in [3.8, 4) is 22.3 Å². The molecule has 0 aliphatic carbocycles. The van der Waals surface area contributed by atoms with Crippen molar-refractivity contribution < 1.29 is 28.0 Å². The summed E-state index contributed by atoms with van der Waals surface area (Å²) in [4.78, 5) is 62.6. The average molecular weight is 893 g/mol. The second-order valence-electron chi connectivity index (χ2n) is 13.8. The number of thiazole rings is 2. The van der Waals surface area contributed by atoms with E-state index in [9.17, 15) is 14.4 Å². The number of aliphatic imine (C=N–C) groups is 1. The maximum atomic E-state index is 15.6. The van der Waals surface area contributed by atoms with Crippen LogP contribution in [0.1, 0.15) is 37.8 Å². The topological polar surface area (TPSA) is 128 Å². The predicted molar refractivity (Wildman–Crippen MR) is 234 cm³/mol. The molecular formula is C43H41Cl2F2N7O4S2. The molecule has 3 amide bonds. The molecule has 2 aliphatic heterocycles. The van der Waals surface area contributed by atoms with Gasteiger partial charge in [-0.1, -0.05) is 54.4 Å². The van der Waals surface area contributed by atoms with Crippen molar-refractivity contribution in [2.45, 2.75) is 39.8 Å². The fourth-order valence-corrected chi connectivity index (χ4v) is 8.73. The molecular weight excluding hydrogens is 852 g/mol. The molecule has 0 unspecified atom stereocenters. The summed E-state index contributed by atoms with van der Waals surface area (Å²) >= 11 is 15.1. The van der Waals surface area contributed by atoms with Crippen molar-refractivity contribution in [3.63, 3.8) is 0 Å². The lowest BCUT2D eigenvalue weighted by atomic mass is 10.00. The van der Waals surface area contributed by atoms with Gasteiger partial charge in [0.25, 0.3) is 0 Å². The van der Waals surface area contributed by atoms with Crippen LogP contribution in [0.3, 0.4) is 0 Å². The Hall–Kier alpha value is -5.15. The van der Waals surface area contributed by atoms with Crippen molar-refractivity contribution in [2.75, 3.05) is 45.8 Å². The molecule has 312 valence electrons. The van der Waals surface area contributed by atoms with Crippen LogP contribution in [0.2, 0.25) is 10.0 Å². The van der Waals surface area contributed by atoms with E-state index in [2.05, 4.69) is 20.3 Å². The number of aromatic nitrogens is 2. The molecule has 0 saturated carbocycles. The lowest BCUT2D eigenvalue weighted by Crippen LogP contribution is -2.51. The fraction of sp³-hybridized carbons (Fsp3) is 0.302. The van der Waals surface area contributed by atoms with Crippen molar-refractivity contribution >= 4 is 90.1 Å². The van der Waals surface area contributed by atoms with Gasteiger partial charge in [-0.2, -0.15) is 0 Å². The second kappa shape index (κ2) is 20.9. The maximum Gasteiger partial charge on any atom is 0.242 e. The van der Waals surface area contributed by atoms with Crippen LogP contribution in [0.5, 0.6) is 0 Å². The van der Waals surface area contributed by atoms with Crippen molar-refractivity contribution in [3.05, 3.63) is 104 Å². The van der Waals surface area contributed by atoms with Gasteiger partial charge in [0.15, 0.2) is 0 Å². The molecule has 60 heavy (non-hydrogen) atoms. The van der Waals surface area contributed by atoms with E-state index < -0.39 is 5.82 Å². The van der Waals surface area contributed by atoms with E-state index in [-0.39, 0.29) is 43.2 Å². The molecule has 2 aliphatic rings. The molecule has 0 atom stereocenters. The van der Waals surface area contributed by atoms with E-state index in [1.54, 1.807) is 87.2 Å². The predicted octanol–water partition coefficient (Wildman–Crippen LogP) is 8.76. The number of fused-ring (bicyclic) bond motifs is 2. The van der Waals surface area contributed by atoms with Crippen LogP contribution in [-0.4, -0.2) is 94.3 Å². The number of nitrogens with one attached hydrogen (secondary N) is 1. The summed E-state index contributed by atoms with van der Waals surface area (Å²) in [6.07, 6.45) is 2.58. The highest BCUT2D eigenvalue weighted by Crippen LogP contribution is 2.37. The molecule has 2 aromatic heterocycles. The van der Waals surface area contributed by atoms with Gasteiger partial charge in [-0.3, -0.25) is 14.4 Å². The minimum Gasteiger partial charge on any atom is -0.336 e. The molecule has 0 bridgehead atoms. The summed E-state index contributed by atoms with van der Waals surface area (Å²) < 4.78 is 32.7. The van der Waals surface area contributed by atoms with Crippen molar-refractivity contribution in [1.82, 2.24) is 30.0 Å². The van der Waals surface area contributed by atoms with Crippen LogP contribution in [-0.2, 0) is 32.3 Å². The standard InChI is InChI=1S/C22H21ClFN3O2S.C18H15ClFN3OS.C3H5NO/c1-2-4-18(28)27-8-7-26(19(29)12-27)11-15-10-17-22(25-13-30-17)20(21(15)24)14-5-3-6-16(23)9-14;19-13-3-1-2-11(6-13)16-17(20)12(7-14-18(16)22-10-25-14)9-23-5-4-21-8-15(23)24;1-2-4-3-5/h3,5-6,9-10,13H,2,4,7-8,11-12H2,1H3;1-3,6-7,10,21H,4-5,8-9H2;2H2,1H3. The molecule has 8 rings (SSSR count). The Kier molecular flexibility index (Phi) is 15.5. The zero-order valence-electron chi connectivity index (χ0n) is 32.9. The summed E-state index contributed by atoms with van der Waals surface area (Å²) in [5, 5.41) is 4.09.